The van der Waals surface area contributed by atoms with Crippen LogP contribution < -0.4 is 0 Å². The van der Waals surface area contributed by atoms with Gasteiger partial charge in [0, 0.05) is 5.75 Å². The maximum absolute atomic E-state index is 9.79. The van der Waals surface area contributed by atoms with Crippen molar-refractivity contribution in [1.29, 1.82) is 0 Å². The Balaban J connectivity index is 0.000000281. The molecule has 0 bridgehead atoms. The number of likely N-dealkylation sites (tertiary alicyclic amines) is 1. The Kier molecular flexibility index (Phi) is 6.87. The second kappa shape index (κ2) is 7.04. The predicted octanol–water partition coefficient (Wildman–Crippen LogP) is 1.35. The summed E-state index contributed by atoms with van der Waals surface area (Å²) in [4.78, 5) is 0. The average molecular weight is 249 g/mol. The number of rotatable bonds is 3. The quantitative estimate of drug-likeness (QED) is 0.431. The highest BCUT2D eigenvalue weighted by Crippen LogP contribution is 2.12. The third-order valence-corrected chi connectivity index (χ3v) is 3.33. The molecule has 0 aromatic rings. The fourth-order valence-corrected chi connectivity index (χ4v) is 2.05. The van der Waals surface area contributed by atoms with Crippen LogP contribution in [0.2, 0.25) is 0 Å². The van der Waals surface area contributed by atoms with E-state index in [2.05, 4.69) is 20.7 Å². The lowest BCUT2D eigenvalue weighted by atomic mass is 10.1. The minimum Gasteiger partial charge on any atom is -0.748 e. The van der Waals surface area contributed by atoms with Crippen molar-refractivity contribution in [2.24, 2.45) is 0 Å². The van der Waals surface area contributed by atoms with E-state index in [0.717, 1.165) is 0 Å². The molecule has 0 amide bonds. The van der Waals surface area contributed by atoms with Gasteiger partial charge in [0.25, 0.3) is 0 Å². The van der Waals surface area contributed by atoms with Crippen LogP contribution >= 0.6 is 0 Å². The first-order valence-corrected chi connectivity index (χ1v) is 7.21. The maximum atomic E-state index is 9.79. The molecular weight excluding hydrogens is 226 g/mol. The summed E-state index contributed by atoms with van der Waals surface area (Å²) < 4.78 is 30.6. The predicted molar refractivity (Wildman–Crippen MR) is 65.1 cm³/mol. The van der Waals surface area contributed by atoms with E-state index in [1.807, 2.05) is 0 Å². The minimum absolute atomic E-state index is 0.242. The number of hydrogen-bond acceptors (Lipinski definition) is 3. The second-order valence-electron chi connectivity index (χ2n) is 4.78. The van der Waals surface area contributed by atoms with E-state index in [-0.39, 0.29) is 12.2 Å². The van der Waals surface area contributed by atoms with E-state index in [1.165, 1.54) is 42.9 Å². The summed E-state index contributed by atoms with van der Waals surface area (Å²) in [6, 6.07) is 0. The zero-order chi connectivity index (χ0) is 12.7. The van der Waals surface area contributed by atoms with Crippen molar-refractivity contribution < 1.29 is 17.5 Å². The van der Waals surface area contributed by atoms with Crippen molar-refractivity contribution in [3.05, 3.63) is 12.7 Å². The summed E-state index contributed by atoms with van der Waals surface area (Å²) in [5, 5.41) is 0. The fraction of sp³-hybridized carbons (Fsp3) is 0.818. The average Bonchev–Trinajstić information content (AvgIpc) is 2.14. The van der Waals surface area contributed by atoms with Crippen LogP contribution in [-0.4, -0.2) is 50.4 Å². The van der Waals surface area contributed by atoms with Gasteiger partial charge >= 0.3 is 0 Å². The van der Waals surface area contributed by atoms with Gasteiger partial charge < -0.3 is 9.04 Å². The highest BCUT2D eigenvalue weighted by atomic mass is 32.2. The van der Waals surface area contributed by atoms with Gasteiger partial charge in [-0.2, -0.15) is 0 Å². The van der Waals surface area contributed by atoms with E-state index >= 15 is 0 Å². The molecule has 0 aromatic heterocycles. The fourth-order valence-electron chi connectivity index (χ4n) is 1.60. The van der Waals surface area contributed by atoms with Gasteiger partial charge in [0.05, 0.1) is 37.3 Å². The van der Waals surface area contributed by atoms with Crippen LogP contribution in [0, 0.1) is 0 Å². The molecule has 1 saturated heterocycles. The van der Waals surface area contributed by atoms with Crippen LogP contribution in [-0.2, 0) is 10.1 Å². The Hall–Kier alpha value is -0.390. The highest BCUT2D eigenvalue weighted by Gasteiger charge is 2.17. The van der Waals surface area contributed by atoms with Gasteiger partial charge in [0.2, 0.25) is 0 Å². The number of allylic oxidation sites excluding steroid dienone is 1. The lowest BCUT2D eigenvalue weighted by Crippen LogP contribution is -2.43. The Morgan fingerprint density at radius 3 is 1.94 bits per heavy atom. The highest BCUT2D eigenvalue weighted by molar-refractivity contribution is 7.85. The number of piperidine rings is 1. The smallest absolute Gasteiger partial charge is 0.0948 e. The summed E-state index contributed by atoms with van der Waals surface area (Å²) in [5.41, 5.74) is 0. The molecule has 5 heteroatoms. The molecule has 96 valence electrons. The molecule has 0 spiro atoms. The minimum atomic E-state index is -4.01. The second-order valence-corrected chi connectivity index (χ2v) is 6.31. The van der Waals surface area contributed by atoms with Crippen molar-refractivity contribution in [3.8, 4) is 0 Å². The van der Waals surface area contributed by atoms with Gasteiger partial charge in [0.1, 0.15) is 0 Å². The molecule has 0 N–H and O–H groups in total. The van der Waals surface area contributed by atoms with E-state index in [4.69, 9.17) is 0 Å². The first kappa shape index (κ1) is 15.6. The summed E-state index contributed by atoms with van der Waals surface area (Å²) in [5.74, 6) is -0.337. The topological polar surface area (TPSA) is 57.2 Å². The van der Waals surface area contributed by atoms with Gasteiger partial charge in [-0.05, 0) is 25.7 Å². The molecule has 0 saturated carbocycles. The van der Waals surface area contributed by atoms with Crippen molar-refractivity contribution in [3.63, 3.8) is 0 Å². The number of nitrogens with zero attached hydrogens (tertiary/aromatic N) is 1. The van der Waals surface area contributed by atoms with Crippen LogP contribution in [0.3, 0.4) is 0 Å². The van der Waals surface area contributed by atoms with E-state index in [1.54, 1.807) is 0 Å². The lowest BCUT2D eigenvalue weighted by Gasteiger charge is -2.33. The van der Waals surface area contributed by atoms with Crippen molar-refractivity contribution in [2.45, 2.75) is 25.7 Å². The van der Waals surface area contributed by atoms with E-state index < -0.39 is 10.1 Å². The summed E-state index contributed by atoms with van der Waals surface area (Å²) in [7, 11) is 0.630. The van der Waals surface area contributed by atoms with Gasteiger partial charge in [-0.25, -0.2) is 8.42 Å². The Morgan fingerprint density at radius 1 is 1.25 bits per heavy atom. The first-order chi connectivity index (χ1) is 7.27. The van der Waals surface area contributed by atoms with Crippen LogP contribution in [0.5, 0.6) is 0 Å². The Labute approximate surface area is 99.3 Å². The summed E-state index contributed by atoms with van der Waals surface area (Å²) in [6.45, 7) is 6.04. The largest absolute Gasteiger partial charge is 0.748 e. The van der Waals surface area contributed by atoms with E-state index in [0.29, 0.717) is 0 Å². The van der Waals surface area contributed by atoms with Crippen LogP contribution in [0.15, 0.2) is 12.7 Å². The molecule has 16 heavy (non-hydrogen) atoms. The lowest BCUT2D eigenvalue weighted by molar-refractivity contribution is -0.894. The van der Waals surface area contributed by atoms with E-state index in [9.17, 15) is 13.0 Å². The normalized spacial score (nSPS) is 19.4. The number of quaternary nitrogens is 1. The van der Waals surface area contributed by atoms with Gasteiger partial charge in [-0.3, -0.25) is 0 Å². The maximum Gasteiger partial charge on any atom is 0.0948 e. The molecular formula is C11H23NO3S. The van der Waals surface area contributed by atoms with Crippen LogP contribution in [0.25, 0.3) is 0 Å². The molecule has 1 rings (SSSR count). The molecule has 1 fully saturated rings. The molecule has 0 aliphatic carbocycles. The van der Waals surface area contributed by atoms with Crippen molar-refractivity contribution >= 4 is 10.1 Å². The molecule has 1 aliphatic rings. The molecule has 0 atom stereocenters. The Morgan fingerprint density at radius 2 is 1.75 bits per heavy atom. The van der Waals surface area contributed by atoms with Gasteiger partial charge in [0.15, 0.2) is 0 Å². The SMILES string of the molecule is C=CCCS(=O)(=O)[O-].C[N+]1(C)CCCCC1. The summed E-state index contributed by atoms with van der Waals surface area (Å²) in [6.07, 6.45) is 5.98. The zero-order valence-electron chi connectivity index (χ0n) is 10.3. The third-order valence-electron chi connectivity index (χ3n) is 2.60. The first-order valence-electron chi connectivity index (χ1n) is 5.63. The Bertz CT molecular complexity index is 288. The molecule has 4 nitrogen and oxygen atoms in total. The number of hydrogen-bond donors (Lipinski definition) is 0. The third kappa shape index (κ3) is 10.1. The molecule has 1 aliphatic heterocycles. The summed E-state index contributed by atoms with van der Waals surface area (Å²) >= 11 is 0. The molecule has 0 unspecified atom stereocenters. The molecule has 1 heterocycles. The monoisotopic (exact) mass is 249 g/mol. The van der Waals surface area contributed by atoms with Gasteiger partial charge in [-0.1, -0.05) is 6.08 Å². The standard InChI is InChI=1S/C7H16N.C4H8O3S/c1-8(2)6-4-3-5-7-8;1-2-3-4-8(5,6)7/h3-7H2,1-2H3;2H,1,3-4H2,(H,5,6,7)/q+1;/p-1. The molecule has 0 aromatic carbocycles. The van der Waals surface area contributed by atoms with Crippen molar-refractivity contribution in [1.82, 2.24) is 0 Å². The van der Waals surface area contributed by atoms with Crippen molar-refractivity contribution in [2.75, 3.05) is 32.9 Å². The van der Waals surface area contributed by atoms with Crippen LogP contribution in [0.4, 0.5) is 0 Å². The zero-order valence-corrected chi connectivity index (χ0v) is 11.1. The molecule has 0 radical (unpaired) electrons. The van der Waals surface area contributed by atoms with Gasteiger partial charge in [-0.15, -0.1) is 6.58 Å². The van der Waals surface area contributed by atoms with Crippen LogP contribution in [0.1, 0.15) is 25.7 Å².